The van der Waals surface area contributed by atoms with E-state index in [9.17, 15) is 19.5 Å². The minimum absolute atomic E-state index is 0.0723. The second-order valence-electron chi connectivity index (χ2n) is 9.71. The molecule has 0 aliphatic heterocycles. The van der Waals surface area contributed by atoms with Gasteiger partial charge >= 0.3 is 17.9 Å². The minimum atomic E-state index is -1.05. The number of carboxylic acids is 1. The maximum absolute atomic E-state index is 12.8. The van der Waals surface area contributed by atoms with Gasteiger partial charge in [0.05, 0.1) is 11.8 Å². The normalized spacial score (nSPS) is 17.9. The van der Waals surface area contributed by atoms with Crippen LogP contribution in [0.4, 0.5) is 0 Å². The SMILES string of the molecule is C=CC(=O)OCC(COc1ccc(C(C)(C)c2ccc(C)cc2)cc1)OC(=O)C1CC=CCC1C(=O)O. The summed E-state index contributed by atoms with van der Waals surface area (Å²) in [5.41, 5.74) is 3.30. The molecule has 2 aromatic rings. The highest BCUT2D eigenvalue weighted by Gasteiger charge is 2.36. The lowest BCUT2D eigenvalue weighted by molar-refractivity contribution is -0.167. The van der Waals surface area contributed by atoms with Crippen LogP contribution in [-0.4, -0.2) is 42.3 Å². The lowest BCUT2D eigenvalue weighted by atomic mass is 9.78. The van der Waals surface area contributed by atoms with Gasteiger partial charge in [-0.2, -0.15) is 0 Å². The molecule has 196 valence electrons. The zero-order chi connectivity index (χ0) is 27.0. The van der Waals surface area contributed by atoms with Crippen molar-refractivity contribution < 1.29 is 33.7 Å². The van der Waals surface area contributed by atoms with Crippen LogP contribution >= 0.6 is 0 Å². The molecule has 0 spiro atoms. The summed E-state index contributed by atoms with van der Waals surface area (Å²) in [5, 5.41) is 9.47. The predicted octanol–water partition coefficient (Wildman–Crippen LogP) is 5.01. The van der Waals surface area contributed by atoms with Crippen molar-refractivity contribution in [2.75, 3.05) is 13.2 Å². The van der Waals surface area contributed by atoms with E-state index in [0.29, 0.717) is 5.75 Å². The van der Waals surface area contributed by atoms with Crippen molar-refractivity contribution in [2.45, 2.75) is 45.1 Å². The van der Waals surface area contributed by atoms with Crippen molar-refractivity contribution in [1.29, 1.82) is 0 Å². The molecule has 37 heavy (non-hydrogen) atoms. The fraction of sp³-hybridized carbons (Fsp3) is 0.367. The summed E-state index contributed by atoms with van der Waals surface area (Å²) >= 11 is 0. The Balaban J connectivity index is 1.67. The number of aliphatic carboxylic acids is 1. The Morgan fingerprint density at radius 3 is 2.11 bits per heavy atom. The van der Waals surface area contributed by atoms with E-state index in [-0.39, 0.29) is 31.5 Å². The van der Waals surface area contributed by atoms with Crippen molar-refractivity contribution in [3.8, 4) is 5.75 Å². The molecule has 0 radical (unpaired) electrons. The number of carboxylic acid groups (broad SMARTS) is 1. The van der Waals surface area contributed by atoms with E-state index in [0.717, 1.165) is 11.6 Å². The van der Waals surface area contributed by atoms with Gasteiger partial charge in [0.25, 0.3) is 0 Å². The summed E-state index contributed by atoms with van der Waals surface area (Å²) in [5.74, 6) is -3.49. The van der Waals surface area contributed by atoms with Gasteiger partial charge in [-0.25, -0.2) is 4.79 Å². The molecular weight excluding hydrogens is 472 g/mol. The van der Waals surface area contributed by atoms with Crippen LogP contribution in [0, 0.1) is 18.8 Å². The van der Waals surface area contributed by atoms with Crippen molar-refractivity contribution in [3.63, 3.8) is 0 Å². The van der Waals surface area contributed by atoms with E-state index in [4.69, 9.17) is 14.2 Å². The molecule has 7 nitrogen and oxygen atoms in total. The second kappa shape index (κ2) is 12.4. The molecule has 1 aliphatic rings. The van der Waals surface area contributed by atoms with Crippen LogP contribution in [0.15, 0.2) is 73.3 Å². The van der Waals surface area contributed by atoms with Crippen LogP contribution in [-0.2, 0) is 29.3 Å². The van der Waals surface area contributed by atoms with E-state index in [1.54, 1.807) is 12.2 Å². The largest absolute Gasteiger partial charge is 0.490 e. The first-order valence-corrected chi connectivity index (χ1v) is 12.3. The molecule has 0 heterocycles. The Morgan fingerprint density at radius 2 is 1.54 bits per heavy atom. The van der Waals surface area contributed by atoms with E-state index in [1.807, 2.05) is 24.3 Å². The van der Waals surface area contributed by atoms with Gasteiger partial charge in [-0.15, -0.1) is 0 Å². The van der Waals surface area contributed by atoms with Gasteiger partial charge in [0, 0.05) is 11.5 Å². The molecule has 0 amide bonds. The van der Waals surface area contributed by atoms with E-state index >= 15 is 0 Å². The average Bonchev–Trinajstić information content (AvgIpc) is 2.90. The number of hydrogen-bond donors (Lipinski definition) is 1. The average molecular weight is 507 g/mol. The predicted molar refractivity (Wildman–Crippen MR) is 139 cm³/mol. The smallest absolute Gasteiger partial charge is 0.330 e. The molecular formula is C30H34O7. The third-order valence-electron chi connectivity index (χ3n) is 6.70. The molecule has 3 unspecified atom stereocenters. The van der Waals surface area contributed by atoms with Gasteiger partial charge < -0.3 is 19.3 Å². The maximum atomic E-state index is 12.8. The Morgan fingerprint density at radius 1 is 0.973 bits per heavy atom. The van der Waals surface area contributed by atoms with Crippen LogP contribution in [0.2, 0.25) is 0 Å². The van der Waals surface area contributed by atoms with Gasteiger partial charge in [0.15, 0.2) is 6.10 Å². The second-order valence-corrected chi connectivity index (χ2v) is 9.71. The molecule has 0 saturated heterocycles. The first kappa shape index (κ1) is 27.7. The van der Waals surface area contributed by atoms with Crippen molar-refractivity contribution in [2.24, 2.45) is 11.8 Å². The fourth-order valence-corrected chi connectivity index (χ4v) is 4.24. The third-order valence-corrected chi connectivity index (χ3v) is 6.70. The monoisotopic (exact) mass is 506 g/mol. The molecule has 2 aromatic carbocycles. The first-order chi connectivity index (χ1) is 17.6. The van der Waals surface area contributed by atoms with E-state index in [1.165, 1.54) is 11.1 Å². The van der Waals surface area contributed by atoms with Crippen molar-refractivity contribution >= 4 is 17.9 Å². The standard InChI is InChI=1S/C30H34O7/c1-5-27(31)36-19-24(37-29(34)26-9-7-6-8-25(26)28(32)33)18-35-23-16-14-22(15-17-23)30(3,4)21-12-10-20(2)11-13-21/h5-7,10-17,24-26H,1,8-9,18-19H2,2-4H3,(H,32,33). The van der Waals surface area contributed by atoms with Gasteiger partial charge in [-0.05, 0) is 43.0 Å². The number of benzene rings is 2. The number of ether oxygens (including phenoxy) is 3. The van der Waals surface area contributed by atoms with Gasteiger partial charge in [0.1, 0.15) is 19.0 Å². The number of esters is 2. The topological polar surface area (TPSA) is 99.1 Å². The van der Waals surface area contributed by atoms with Gasteiger partial charge in [0.2, 0.25) is 0 Å². The van der Waals surface area contributed by atoms with Crippen LogP contribution in [0.25, 0.3) is 0 Å². The first-order valence-electron chi connectivity index (χ1n) is 12.3. The molecule has 7 heteroatoms. The molecule has 0 saturated carbocycles. The highest BCUT2D eigenvalue weighted by Crippen LogP contribution is 2.33. The molecule has 1 N–H and O–H groups in total. The zero-order valence-corrected chi connectivity index (χ0v) is 21.5. The van der Waals surface area contributed by atoms with Crippen LogP contribution in [0.1, 0.15) is 43.4 Å². The number of carbonyl (C=O) groups is 3. The molecule has 1 aliphatic carbocycles. The van der Waals surface area contributed by atoms with Crippen molar-refractivity contribution in [1.82, 2.24) is 0 Å². The molecule has 0 bridgehead atoms. The van der Waals surface area contributed by atoms with Gasteiger partial charge in [-0.1, -0.05) is 74.5 Å². The maximum Gasteiger partial charge on any atom is 0.330 e. The lowest BCUT2D eigenvalue weighted by Gasteiger charge is -2.27. The summed E-state index contributed by atoms with van der Waals surface area (Å²) in [6.07, 6.45) is 4.15. The molecule has 3 atom stereocenters. The third kappa shape index (κ3) is 7.32. The minimum Gasteiger partial charge on any atom is -0.490 e. The Hall–Kier alpha value is -3.87. The van der Waals surface area contributed by atoms with Crippen molar-refractivity contribution in [3.05, 3.63) is 90.0 Å². The molecule has 0 aromatic heterocycles. The number of hydrogen-bond acceptors (Lipinski definition) is 6. The van der Waals surface area contributed by atoms with Crippen LogP contribution < -0.4 is 4.74 Å². The summed E-state index contributed by atoms with van der Waals surface area (Å²) in [4.78, 5) is 36.0. The van der Waals surface area contributed by atoms with E-state index < -0.39 is 35.8 Å². The Kier molecular flexibility index (Phi) is 9.28. The summed E-state index contributed by atoms with van der Waals surface area (Å²) in [6, 6.07) is 16.1. The van der Waals surface area contributed by atoms with Gasteiger partial charge in [-0.3, -0.25) is 9.59 Å². The molecule has 3 rings (SSSR count). The van der Waals surface area contributed by atoms with Crippen LogP contribution in [0.3, 0.4) is 0 Å². The Labute approximate surface area is 217 Å². The number of rotatable bonds is 11. The quantitative estimate of drug-likeness (QED) is 0.260. The highest BCUT2D eigenvalue weighted by atomic mass is 16.6. The summed E-state index contributed by atoms with van der Waals surface area (Å²) in [6.45, 7) is 9.42. The van der Waals surface area contributed by atoms with Crippen LogP contribution in [0.5, 0.6) is 5.75 Å². The fourth-order valence-electron chi connectivity index (χ4n) is 4.24. The number of aryl methyl sites for hydroxylation is 1. The summed E-state index contributed by atoms with van der Waals surface area (Å²) < 4.78 is 16.5. The zero-order valence-electron chi connectivity index (χ0n) is 21.5. The Bertz CT molecular complexity index is 1130. The summed E-state index contributed by atoms with van der Waals surface area (Å²) in [7, 11) is 0. The number of allylic oxidation sites excluding steroid dienone is 2. The molecule has 0 fully saturated rings. The van der Waals surface area contributed by atoms with E-state index in [2.05, 4.69) is 51.6 Å². The number of carbonyl (C=O) groups excluding carboxylic acids is 2. The highest BCUT2D eigenvalue weighted by molar-refractivity contribution is 5.82. The lowest BCUT2D eigenvalue weighted by Crippen LogP contribution is -2.37.